The molecule has 0 bridgehead atoms. The van der Waals surface area contributed by atoms with Crippen molar-refractivity contribution in [2.24, 2.45) is 11.8 Å². The summed E-state index contributed by atoms with van der Waals surface area (Å²) in [6, 6.07) is 16.2. The van der Waals surface area contributed by atoms with Crippen LogP contribution in [0.15, 0.2) is 48.5 Å². The van der Waals surface area contributed by atoms with Gasteiger partial charge in [0.2, 0.25) is 5.91 Å². The first-order valence-electron chi connectivity index (χ1n) is 12.0. The van der Waals surface area contributed by atoms with Crippen LogP contribution in [0.2, 0.25) is 0 Å². The molecule has 2 aliphatic rings. The molecular formula is C27H32N2O5. The smallest absolute Gasteiger partial charge is 0.408 e. The molecule has 2 aliphatic carbocycles. The number of nitrogens with one attached hydrogen (secondary N) is 2. The summed E-state index contributed by atoms with van der Waals surface area (Å²) in [7, 11) is 0. The molecule has 0 radical (unpaired) electrons. The summed E-state index contributed by atoms with van der Waals surface area (Å²) in [6.45, 7) is 3.64. The molecule has 2 aromatic rings. The number of amides is 2. The Morgan fingerprint density at radius 3 is 2.15 bits per heavy atom. The van der Waals surface area contributed by atoms with E-state index < -0.39 is 29.4 Å². The molecule has 0 aromatic heterocycles. The standard InChI is InChI=1S/C27H32N2O5/c1-3-27(2,25(32)28-15-22(24(30)31)17-9-8-10-17)29-26(33)34-16-23-20-13-6-4-11-18(20)19-12-5-7-14-21(19)23/h4-7,11-14,17,22-23H,3,8-10,15-16H2,1-2H3,(H,28,32)(H,29,33)(H,30,31). The summed E-state index contributed by atoms with van der Waals surface area (Å²) in [4.78, 5) is 37.2. The molecule has 1 saturated carbocycles. The van der Waals surface area contributed by atoms with Crippen molar-refractivity contribution in [3.8, 4) is 11.1 Å². The minimum absolute atomic E-state index is 0.0563. The number of fused-ring (bicyclic) bond motifs is 3. The van der Waals surface area contributed by atoms with Gasteiger partial charge in [-0.3, -0.25) is 9.59 Å². The van der Waals surface area contributed by atoms with Gasteiger partial charge in [-0.05, 0) is 54.4 Å². The first-order chi connectivity index (χ1) is 16.3. The van der Waals surface area contributed by atoms with Crippen molar-refractivity contribution in [1.82, 2.24) is 10.6 Å². The normalized spacial score (nSPS) is 17.5. The average molecular weight is 465 g/mol. The highest BCUT2D eigenvalue weighted by Crippen LogP contribution is 2.44. The largest absolute Gasteiger partial charge is 0.481 e. The fourth-order valence-electron chi connectivity index (χ4n) is 4.86. The van der Waals surface area contributed by atoms with Crippen LogP contribution in [0.5, 0.6) is 0 Å². The Bertz CT molecular complexity index is 1030. The fraction of sp³-hybridized carbons (Fsp3) is 0.444. The predicted octanol–water partition coefficient (Wildman–Crippen LogP) is 4.31. The maximum atomic E-state index is 12.9. The lowest BCUT2D eigenvalue weighted by molar-refractivity contribution is -0.145. The second-order valence-electron chi connectivity index (χ2n) is 9.48. The van der Waals surface area contributed by atoms with Gasteiger partial charge in [-0.25, -0.2) is 4.79 Å². The molecule has 7 heteroatoms. The summed E-state index contributed by atoms with van der Waals surface area (Å²) in [5, 5.41) is 14.9. The van der Waals surface area contributed by atoms with Gasteiger partial charge >= 0.3 is 12.1 Å². The van der Waals surface area contributed by atoms with Gasteiger partial charge in [0.15, 0.2) is 0 Å². The third-order valence-corrected chi connectivity index (χ3v) is 7.45. The molecule has 4 rings (SSSR count). The number of rotatable bonds is 9. The van der Waals surface area contributed by atoms with E-state index in [-0.39, 0.29) is 25.0 Å². The molecule has 3 N–H and O–H groups in total. The summed E-state index contributed by atoms with van der Waals surface area (Å²) in [5.74, 6) is -1.88. The number of hydrogen-bond donors (Lipinski definition) is 3. The van der Waals surface area contributed by atoms with Crippen molar-refractivity contribution in [2.45, 2.75) is 51.0 Å². The maximum Gasteiger partial charge on any atom is 0.408 e. The molecule has 1 fully saturated rings. The van der Waals surface area contributed by atoms with Crippen LogP contribution in [0.3, 0.4) is 0 Å². The number of carboxylic acids is 1. The van der Waals surface area contributed by atoms with Crippen LogP contribution in [0, 0.1) is 11.8 Å². The number of alkyl carbamates (subject to hydrolysis) is 1. The average Bonchev–Trinajstić information content (AvgIpc) is 3.12. The van der Waals surface area contributed by atoms with Crippen LogP contribution in [0.1, 0.15) is 56.6 Å². The Balaban J connectivity index is 1.36. The number of aliphatic carboxylic acids is 1. The van der Waals surface area contributed by atoms with Gasteiger partial charge in [-0.2, -0.15) is 0 Å². The highest BCUT2D eigenvalue weighted by molar-refractivity contribution is 5.90. The van der Waals surface area contributed by atoms with Gasteiger partial charge in [-0.15, -0.1) is 0 Å². The van der Waals surface area contributed by atoms with Crippen molar-refractivity contribution in [2.75, 3.05) is 13.2 Å². The van der Waals surface area contributed by atoms with Crippen LogP contribution in [0.4, 0.5) is 4.79 Å². The monoisotopic (exact) mass is 464 g/mol. The van der Waals surface area contributed by atoms with Crippen LogP contribution in [0.25, 0.3) is 11.1 Å². The Kier molecular flexibility index (Phi) is 6.91. The van der Waals surface area contributed by atoms with Gasteiger partial charge in [-0.1, -0.05) is 61.9 Å². The Hall–Kier alpha value is -3.35. The third kappa shape index (κ3) is 4.65. The van der Waals surface area contributed by atoms with E-state index >= 15 is 0 Å². The molecule has 0 aliphatic heterocycles. The number of carboxylic acid groups (broad SMARTS) is 1. The zero-order valence-corrected chi connectivity index (χ0v) is 19.7. The molecule has 2 atom stereocenters. The van der Waals surface area contributed by atoms with E-state index in [2.05, 4.69) is 22.8 Å². The van der Waals surface area contributed by atoms with Crippen molar-refractivity contribution in [1.29, 1.82) is 0 Å². The molecule has 2 amide bonds. The zero-order valence-electron chi connectivity index (χ0n) is 19.7. The summed E-state index contributed by atoms with van der Waals surface area (Å²) in [5.41, 5.74) is 3.31. The molecule has 34 heavy (non-hydrogen) atoms. The van der Waals surface area contributed by atoms with Gasteiger partial charge < -0.3 is 20.5 Å². The number of carbonyl (C=O) groups excluding carboxylic acids is 2. The molecule has 0 spiro atoms. The summed E-state index contributed by atoms with van der Waals surface area (Å²) < 4.78 is 5.59. The van der Waals surface area contributed by atoms with Crippen molar-refractivity contribution in [3.05, 3.63) is 59.7 Å². The van der Waals surface area contributed by atoms with Gasteiger partial charge in [0.05, 0.1) is 5.92 Å². The van der Waals surface area contributed by atoms with E-state index in [1.165, 1.54) is 0 Å². The lowest BCUT2D eigenvalue weighted by atomic mass is 9.76. The van der Waals surface area contributed by atoms with E-state index in [1.54, 1.807) is 13.8 Å². The van der Waals surface area contributed by atoms with E-state index in [1.807, 2.05) is 36.4 Å². The molecule has 0 saturated heterocycles. The summed E-state index contributed by atoms with van der Waals surface area (Å²) >= 11 is 0. The highest BCUT2D eigenvalue weighted by atomic mass is 16.5. The lowest BCUT2D eigenvalue weighted by Crippen LogP contribution is -2.57. The van der Waals surface area contributed by atoms with E-state index in [4.69, 9.17) is 4.74 Å². The highest BCUT2D eigenvalue weighted by Gasteiger charge is 2.37. The molecule has 0 heterocycles. The minimum atomic E-state index is -1.20. The van der Waals surface area contributed by atoms with Crippen LogP contribution < -0.4 is 10.6 Å². The van der Waals surface area contributed by atoms with Crippen LogP contribution >= 0.6 is 0 Å². The Morgan fingerprint density at radius 2 is 1.65 bits per heavy atom. The first kappa shape index (κ1) is 23.8. The topological polar surface area (TPSA) is 105 Å². The van der Waals surface area contributed by atoms with Crippen LogP contribution in [-0.2, 0) is 14.3 Å². The maximum absolute atomic E-state index is 12.9. The molecule has 180 valence electrons. The van der Waals surface area contributed by atoms with Crippen LogP contribution in [-0.4, -0.2) is 41.8 Å². The first-order valence-corrected chi connectivity index (χ1v) is 12.0. The molecule has 7 nitrogen and oxygen atoms in total. The Labute approximate surface area is 199 Å². The van der Waals surface area contributed by atoms with Crippen molar-refractivity contribution in [3.63, 3.8) is 0 Å². The van der Waals surface area contributed by atoms with Crippen molar-refractivity contribution >= 4 is 18.0 Å². The molecule has 2 aromatic carbocycles. The SMILES string of the molecule is CCC(C)(NC(=O)OCC1c2ccccc2-c2ccccc21)C(=O)NCC(C(=O)O)C1CCC1. The van der Waals surface area contributed by atoms with Gasteiger partial charge in [0.1, 0.15) is 12.1 Å². The van der Waals surface area contributed by atoms with Crippen molar-refractivity contribution < 1.29 is 24.2 Å². The van der Waals surface area contributed by atoms with E-state index in [9.17, 15) is 19.5 Å². The number of ether oxygens (including phenoxy) is 1. The lowest BCUT2D eigenvalue weighted by Gasteiger charge is -2.33. The number of hydrogen-bond acceptors (Lipinski definition) is 4. The molecule has 2 unspecified atom stereocenters. The second kappa shape index (κ2) is 9.87. The number of benzene rings is 2. The Morgan fingerprint density at radius 1 is 1.06 bits per heavy atom. The second-order valence-corrected chi connectivity index (χ2v) is 9.48. The van der Waals surface area contributed by atoms with E-state index in [0.717, 1.165) is 41.5 Å². The molecular weight excluding hydrogens is 432 g/mol. The fourth-order valence-corrected chi connectivity index (χ4v) is 4.86. The van der Waals surface area contributed by atoms with Gasteiger partial charge in [0, 0.05) is 12.5 Å². The quantitative estimate of drug-likeness (QED) is 0.513. The third-order valence-electron chi connectivity index (χ3n) is 7.45. The number of carbonyl (C=O) groups is 3. The van der Waals surface area contributed by atoms with E-state index in [0.29, 0.717) is 6.42 Å². The minimum Gasteiger partial charge on any atom is -0.481 e. The zero-order chi connectivity index (χ0) is 24.3. The summed E-state index contributed by atoms with van der Waals surface area (Å²) in [6.07, 6.45) is 2.43. The van der Waals surface area contributed by atoms with Gasteiger partial charge in [0.25, 0.3) is 0 Å². The predicted molar refractivity (Wildman–Crippen MR) is 128 cm³/mol.